The molecule has 5 heteroatoms. The van der Waals surface area contributed by atoms with E-state index in [9.17, 15) is 9.59 Å². The summed E-state index contributed by atoms with van der Waals surface area (Å²) in [6.45, 7) is 0. The van der Waals surface area contributed by atoms with Gasteiger partial charge in [0.2, 0.25) is 0 Å². The Morgan fingerprint density at radius 1 is 0.857 bits per heavy atom. The summed E-state index contributed by atoms with van der Waals surface area (Å²) in [6.07, 6.45) is 0. The summed E-state index contributed by atoms with van der Waals surface area (Å²) in [6, 6.07) is 5.02. The molecule has 0 saturated heterocycles. The molecule has 0 aliphatic heterocycles. The van der Waals surface area contributed by atoms with Crippen molar-refractivity contribution in [1.82, 2.24) is 0 Å². The quantitative estimate of drug-likeness (QED) is 0.472. The van der Waals surface area contributed by atoms with Crippen molar-refractivity contribution in [2.75, 3.05) is 0 Å². The largest absolute Gasteiger partial charge is 1.00 e. The molecule has 0 aliphatic carbocycles. The molecule has 1 aromatic carbocycles. The molecule has 70 valence electrons. The van der Waals surface area contributed by atoms with Gasteiger partial charge < -0.3 is 17.6 Å². The summed E-state index contributed by atoms with van der Waals surface area (Å²) in [7, 11) is 0. The van der Waals surface area contributed by atoms with Gasteiger partial charge in [-0.05, 0) is 24.3 Å². The molecule has 2 N–H and O–H groups in total. The minimum absolute atomic E-state index is 0. The van der Waals surface area contributed by atoms with Crippen LogP contribution in [0.5, 0.6) is 0 Å². The number of rotatable bonds is 2. The Bertz CT molecular complexity index is 285. The molecule has 0 fully saturated rings. The van der Waals surface area contributed by atoms with E-state index in [1.165, 1.54) is 24.3 Å². The minimum Gasteiger partial charge on any atom is -0.478 e. The van der Waals surface area contributed by atoms with Gasteiger partial charge in [-0.1, -0.05) is 0 Å². The molecule has 0 aromatic heterocycles. The molecule has 14 heavy (non-hydrogen) atoms. The number of carboxylic acid groups (broad SMARTS) is 2. The Morgan fingerprint density at radius 2 is 1.07 bits per heavy atom. The summed E-state index contributed by atoms with van der Waals surface area (Å²) in [5.74, 6) is -2.13. The second-order valence-corrected chi connectivity index (χ2v) is 2.19. The van der Waals surface area contributed by atoms with E-state index in [-0.39, 0.29) is 69.9 Å². The SMILES string of the molecule is O=C(O)c1ccc(C(=O)O)cc1.[CH3-].[K+]. The van der Waals surface area contributed by atoms with Crippen molar-refractivity contribution in [3.8, 4) is 0 Å². The maximum atomic E-state index is 10.3. The number of benzene rings is 1. The Kier molecular flexibility index (Phi) is 8.28. The number of carboxylic acids is 2. The molecule has 0 radical (unpaired) electrons. The number of aromatic carboxylic acids is 2. The van der Waals surface area contributed by atoms with Gasteiger partial charge in [0.15, 0.2) is 0 Å². The van der Waals surface area contributed by atoms with Crippen LogP contribution in [0.25, 0.3) is 0 Å². The average molecular weight is 220 g/mol. The molecule has 0 unspecified atom stereocenters. The molecular weight excluding hydrogens is 211 g/mol. The first-order valence-electron chi connectivity index (χ1n) is 3.18. The van der Waals surface area contributed by atoms with Crippen LogP contribution in [0.2, 0.25) is 0 Å². The van der Waals surface area contributed by atoms with Gasteiger partial charge in [0.25, 0.3) is 0 Å². The van der Waals surface area contributed by atoms with E-state index in [1.54, 1.807) is 0 Å². The predicted octanol–water partition coefficient (Wildman–Crippen LogP) is -1.46. The number of carbonyl (C=O) groups is 2. The zero-order valence-corrected chi connectivity index (χ0v) is 11.1. The summed E-state index contributed by atoms with van der Waals surface area (Å²) in [5, 5.41) is 16.9. The predicted molar refractivity (Wildman–Crippen MR) is 46.8 cm³/mol. The van der Waals surface area contributed by atoms with Crippen LogP contribution < -0.4 is 51.4 Å². The van der Waals surface area contributed by atoms with Crippen LogP contribution in [0, 0.1) is 7.43 Å². The normalized spacial score (nSPS) is 8.00. The van der Waals surface area contributed by atoms with Crippen LogP contribution in [0.1, 0.15) is 20.7 Å². The standard InChI is InChI=1S/C8H6O4.CH3.K/c9-7(10)5-1-2-6(4-3-5)8(11)12;;/h1-4H,(H,9,10)(H,11,12);1H3;/q;-1;+1. The van der Waals surface area contributed by atoms with Crippen molar-refractivity contribution in [2.45, 2.75) is 0 Å². The second-order valence-electron chi connectivity index (χ2n) is 2.19. The van der Waals surface area contributed by atoms with Gasteiger partial charge in [-0.15, -0.1) is 0 Å². The first kappa shape index (κ1) is 16.2. The Morgan fingerprint density at radius 3 is 1.21 bits per heavy atom. The third-order valence-electron chi connectivity index (χ3n) is 1.38. The fraction of sp³-hybridized carbons (Fsp3) is 0. The van der Waals surface area contributed by atoms with E-state index in [0.29, 0.717) is 0 Å². The van der Waals surface area contributed by atoms with Crippen molar-refractivity contribution in [3.05, 3.63) is 42.8 Å². The molecule has 0 saturated carbocycles. The smallest absolute Gasteiger partial charge is 0.478 e. The van der Waals surface area contributed by atoms with E-state index in [1.807, 2.05) is 0 Å². The fourth-order valence-electron chi connectivity index (χ4n) is 0.755. The van der Waals surface area contributed by atoms with Gasteiger partial charge in [-0.2, -0.15) is 0 Å². The fourth-order valence-corrected chi connectivity index (χ4v) is 0.755. The summed E-state index contributed by atoms with van der Waals surface area (Å²) in [5.41, 5.74) is 0.167. The molecule has 1 rings (SSSR count). The molecule has 0 spiro atoms. The van der Waals surface area contributed by atoms with Crippen LogP contribution in [0.15, 0.2) is 24.3 Å². The Balaban J connectivity index is 0. The zero-order valence-electron chi connectivity index (χ0n) is 8.02. The van der Waals surface area contributed by atoms with Gasteiger partial charge in [0, 0.05) is 0 Å². The average Bonchev–Trinajstić information content (AvgIpc) is 2.04. The first-order chi connectivity index (χ1) is 5.61. The van der Waals surface area contributed by atoms with Gasteiger partial charge in [-0.3, -0.25) is 0 Å². The molecular formula is C9H9KO4. The number of hydrogen-bond donors (Lipinski definition) is 2. The minimum atomic E-state index is -1.06. The van der Waals surface area contributed by atoms with Crippen molar-refractivity contribution >= 4 is 11.9 Å². The summed E-state index contributed by atoms with van der Waals surface area (Å²) >= 11 is 0. The third kappa shape index (κ3) is 4.34. The van der Waals surface area contributed by atoms with E-state index in [2.05, 4.69) is 0 Å². The maximum Gasteiger partial charge on any atom is 1.00 e. The van der Waals surface area contributed by atoms with Gasteiger partial charge in [0.05, 0.1) is 11.1 Å². The molecule has 0 aliphatic rings. The molecule has 4 nitrogen and oxygen atoms in total. The van der Waals surface area contributed by atoms with Crippen LogP contribution in [-0.4, -0.2) is 22.2 Å². The maximum absolute atomic E-state index is 10.3. The summed E-state index contributed by atoms with van der Waals surface area (Å²) < 4.78 is 0. The van der Waals surface area contributed by atoms with E-state index < -0.39 is 11.9 Å². The summed E-state index contributed by atoms with van der Waals surface area (Å²) in [4.78, 5) is 20.7. The molecule has 0 heterocycles. The van der Waals surface area contributed by atoms with Crippen molar-refractivity contribution in [3.63, 3.8) is 0 Å². The molecule has 0 bridgehead atoms. The topological polar surface area (TPSA) is 74.6 Å². The van der Waals surface area contributed by atoms with E-state index in [4.69, 9.17) is 10.2 Å². The zero-order chi connectivity index (χ0) is 9.14. The third-order valence-corrected chi connectivity index (χ3v) is 1.38. The Labute approximate surface area is 124 Å². The molecule has 0 amide bonds. The van der Waals surface area contributed by atoms with Gasteiger partial charge >= 0.3 is 63.3 Å². The van der Waals surface area contributed by atoms with Crippen molar-refractivity contribution < 1.29 is 71.2 Å². The van der Waals surface area contributed by atoms with Crippen LogP contribution >= 0.6 is 0 Å². The van der Waals surface area contributed by atoms with Gasteiger partial charge in [0.1, 0.15) is 0 Å². The van der Waals surface area contributed by atoms with Crippen molar-refractivity contribution in [1.29, 1.82) is 0 Å². The van der Waals surface area contributed by atoms with Crippen molar-refractivity contribution in [2.24, 2.45) is 0 Å². The number of hydrogen-bond acceptors (Lipinski definition) is 2. The first-order valence-corrected chi connectivity index (χ1v) is 3.18. The second kappa shape index (κ2) is 7.14. The molecule has 0 atom stereocenters. The van der Waals surface area contributed by atoms with E-state index >= 15 is 0 Å². The molecule has 1 aromatic rings. The van der Waals surface area contributed by atoms with E-state index in [0.717, 1.165) is 0 Å². The van der Waals surface area contributed by atoms with Crippen LogP contribution in [0.4, 0.5) is 0 Å². The van der Waals surface area contributed by atoms with Crippen LogP contribution in [0.3, 0.4) is 0 Å². The van der Waals surface area contributed by atoms with Crippen LogP contribution in [-0.2, 0) is 0 Å². The Hall–Kier alpha value is -0.204. The monoisotopic (exact) mass is 220 g/mol. The van der Waals surface area contributed by atoms with Gasteiger partial charge in [-0.25, -0.2) is 9.59 Å².